The van der Waals surface area contributed by atoms with Gasteiger partial charge in [0.15, 0.2) is 0 Å². The van der Waals surface area contributed by atoms with Gasteiger partial charge in [0.05, 0.1) is 0 Å². The fourth-order valence-corrected chi connectivity index (χ4v) is 3.59. The third-order valence-electron chi connectivity index (χ3n) is 4.65. The first-order valence-electron chi connectivity index (χ1n) is 8.36. The molecule has 0 bridgehead atoms. The Morgan fingerprint density at radius 2 is 1.13 bits per heavy atom. The predicted octanol–water partition coefficient (Wildman–Crippen LogP) is 5.98. The maximum absolute atomic E-state index is 2.28. The van der Waals surface area contributed by atoms with Gasteiger partial charge >= 0.3 is 0 Å². The van der Waals surface area contributed by atoms with E-state index in [0.29, 0.717) is 0 Å². The van der Waals surface area contributed by atoms with Gasteiger partial charge < -0.3 is 0 Å². The fraction of sp³-hybridized carbons (Fsp3) is 0.130. The molecule has 3 aromatic rings. The first-order valence-corrected chi connectivity index (χ1v) is 8.36. The second kappa shape index (κ2) is 6.26. The standard InChI is InChI=1S/C23H20/c1-3-10-18(11-4-1)22-17-9-15-19-12-7-8-16-21(19)23(22)20-13-5-2-6-14-20/h1-8,10-14,16H,9,15,17H2. The SMILES string of the molecule is c1ccc(C2=C(c3ccccc3)c3ccccc3CCC2)cc1. The molecule has 0 radical (unpaired) electrons. The van der Waals surface area contributed by atoms with Crippen molar-refractivity contribution in [1.29, 1.82) is 0 Å². The number of aryl methyl sites for hydroxylation is 1. The van der Waals surface area contributed by atoms with Crippen LogP contribution in [-0.2, 0) is 6.42 Å². The van der Waals surface area contributed by atoms with Crippen molar-refractivity contribution in [2.75, 3.05) is 0 Å². The van der Waals surface area contributed by atoms with E-state index in [1.807, 2.05) is 0 Å². The molecular weight excluding hydrogens is 276 g/mol. The molecule has 1 aliphatic carbocycles. The van der Waals surface area contributed by atoms with Crippen LogP contribution in [0, 0.1) is 0 Å². The van der Waals surface area contributed by atoms with Gasteiger partial charge in [-0.1, -0.05) is 84.9 Å². The van der Waals surface area contributed by atoms with Gasteiger partial charge in [0.25, 0.3) is 0 Å². The highest BCUT2D eigenvalue weighted by Crippen LogP contribution is 2.39. The summed E-state index contributed by atoms with van der Waals surface area (Å²) in [5.41, 5.74) is 8.42. The molecule has 1 aliphatic rings. The molecule has 112 valence electrons. The molecule has 23 heavy (non-hydrogen) atoms. The van der Waals surface area contributed by atoms with Gasteiger partial charge in [-0.25, -0.2) is 0 Å². The molecule has 0 atom stereocenters. The van der Waals surface area contributed by atoms with Crippen LogP contribution in [-0.4, -0.2) is 0 Å². The highest BCUT2D eigenvalue weighted by molar-refractivity contribution is 5.99. The molecule has 0 nitrogen and oxygen atoms in total. The second-order valence-electron chi connectivity index (χ2n) is 6.10. The summed E-state index contributed by atoms with van der Waals surface area (Å²) in [5, 5.41) is 0. The summed E-state index contributed by atoms with van der Waals surface area (Å²) in [6.07, 6.45) is 3.49. The maximum Gasteiger partial charge on any atom is -0.00706 e. The van der Waals surface area contributed by atoms with Crippen molar-refractivity contribution < 1.29 is 0 Å². The Morgan fingerprint density at radius 3 is 1.87 bits per heavy atom. The van der Waals surface area contributed by atoms with E-state index in [2.05, 4.69) is 84.9 Å². The van der Waals surface area contributed by atoms with Crippen LogP contribution >= 0.6 is 0 Å². The summed E-state index contributed by atoms with van der Waals surface area (Å²) in [6.45, 7) is 0. The monoisotopic (exact) mass is 296 g/mol. The van der Waals surface area contributed by atoms with Crippen LogP contribution in [0.25, 0.3) is 11.1 Å². The van der Waals surface area contributed by atoms with Crippen LogP contribution in [0.5, 0.6) is 0 Å². The number of benzene rings is 3. The van der Waals surface area contributed by atoms with E-state index in [0.717, 1.165) is 12.8 Å². The Bertz CT molecular complexity index is 826. The Morgan fingerprint density at radius 1 is 0.522 bits per heavy atom. The zero-order chi connectivity index (χ0) is 15.5. The molecule has 0 saturated carbocycles. The highest BCUT2D eigenvalue weighted by atomic mass is 14.2. The van der Waals surface area contributed by atoms with Crippen LogP contribution < -0.4 is 0 Å². The number of allylic oxidation sites excluding steroid dienone is 1. The van der Waals surface area contributed by atoms with Crippen molar-refractivity contribution in [1.82, 2.24) is 0 Å². The number of hydrogen-bond donors (Lipinski definition) is 0. The quantitative estimate of drug-likeness (QED) is 0.545. The molecule has 0 saturated heterocycles. The molecule has 0 fully saturated rings. The Kier molecular flexibility index (Phi) is 3.81. The van der Waals surface area contributed by atoms with Crippen LogP contribution in [0.3, 0.4) is 0 Å². The van der Waals surface area contributed by atoms with E-state index < -0.39 is 0 Å². The van der Waals surface area contributed by atoms with Crippen LogP contribution in [0.1, 0.15) is 35.1 Å². The number of hydrogen-bond acceptors (Lipinski definition) is 0. The van der Waals surface area contributed by atoms with Gasteiger partial charge in [0, 0.05) is 0 Å². The summed E-state index contributed by atoms with van der Waals surface area (Å²) >= 11 is 0. The van der Waals surface area contributed by atoms with E-state index in [-0.39, 0.29) is 0 Å². The zero-order valence-electron chi connectivity index (χ0n) is 13.2. The third-order valence-corrected chi connectivity index (χ3v) is 4.65. The lowest BCUT2D eigenvalue weighted by atomic mass is 9.88. The molecule has 0 unspecified atom stereocenters. The lowest BCUT2D eigenvalue weighted by molar-refractivity contribution is 0.860. The van der Waals surface area contributed by atoms with Crippen molar-refractivity contribution >= 4 is 11.1 Å². The molecule has 4 rings (SSSR count). The van der Waals surface area contributed by atoms with Gasteiger partial charge in [-0.3, -0.25) is 0 Å². The van der Waals surface area contributed by atoms with E-state index in [9.17, 15) is 0 Å². The largest absolute Gasteiger partial charge is 0.0622 e. The summed E-state index contributed by atoms with van der Waals surface area (Å²) in [5.74, 6) is 0. The van der Waals surface area contributed by atoms with Gasteiger partial charge in [0.2, 0.25) is 0 Å². The van der Waals surface area contributed by atoms with Crippen molar-refractivity contribution in [3.8, 4) is 0 Å². The minimum Gasteiger partial charge on any atom is -0.0622 e. The first kappa shape index (κ1) is 14.0. The lowest BCUT2D eigenvalue weighted by Crippen LogP contribution is -1.95. The topological polar surface area (TPSA) is 0 Å². The summed E-state index contributed by atoms with van der Waals surface area (Å²) in [7, 11) is 0. The predicted molar refractivity (Wildman–Crippen MR) is 98.2 cm³/mol. The van der Waals surface area contributed by atoms with Gasteiger partial charge in [0.1, 0.15) is 0 Å². The molecule has 3 aromatic carbocycles. The van der Waals surface area contributed by atoms with Gasteiger partial charge in [-0.15, -0.1) is 0 Å². The van der Waals surface area contributed by atoms with Crippen LogP contribution in [0.2, 0.25) is 0 Å². The Hall–Kier alpha value is -2.60. The van der Waals surface area contributed by atoms with Crippen molar-refractivity contribution in [2.45, 2.75) is 19.3 Å². The number of fused-ring (bicyclic) bond motifs is 1. The lowest BCUT2D eigenvalue weighted by Gasteiger charge is -2.16. The van der Waals surface area contributed by atoms with Crippen molar-refractivity contribution in [3.63, 3.8) is 0 Å². The molecule has 0 N–H and O–H groups in total. The Balaban J connectivity index is 2.02. The molecule has 0 amide bonds. The summed E-state index contributed by atoms with van der Waals surface area (Å²) in [4.78, 5) is 0. The normalized spacial score (nSPS) is 14.3. The van der Waals surface area contributed by atoms with Crippen molar-refractivity contribution in [3.05, 3.63) is 107 Å². The fourth-order valence-electron chi connectivity index (χ4n) is 3.59. The molecule has 0 spiro atoms. The van der Waals surface area contributed by atoms with Gasteiger partial charge in [-0.2, -0.15) is 0 Å². The van der Waals surface area contributed by atoms with E-state index in [4.69, 9.17) is 0 Å². The van der Waals surface area contributed by atoms with Crippen molar-refractivity contribution in [2.24, 2.45) is 0 Å². The van der Waals surface area contributed by atoms with Crippen LogP contribution in [0.4, 0.5) is 0 Å². The maximum atomic E-state index is 2.28. The number of rotatable bonds is 2. The third kappa shape index (κ3) is 2.73. The molecule has 0 heteroatoms. The minimum absolute atomic E-state index is 1.13. The summed E-state index contributed by atoms with van der Waals surface area (Å²) < 4.78 is 0. The molecular formula is C23H20. The highest BCUT2D eigenvalue weighted by Gasteiger charge is 2.19. The average molecular weight is 296 g/mol. The van der Waals surface area contributed by atoms with E-state index in [1.165, 1.54) is 39.8 Å². The first-order chi connectivity index (χ1) is 11.4. The minimum atomic E-state index is 1.13. The van der Waals surface area contributed by atoms with Crippen LogP contribution in [0.15, 0.2) is 84.9 Å². The zero-order valence-corrected chi connectivity index (χ0v) is 13.2. The smallest absolute Gasteiger partial charge is 0.00706 e. The molecule has 0 aromatic heterocycles. The van der Waals surface area contributed by atoms with Gasteiger partial charge in [-0.05, 0) is 52.7 Å². The average Bonchev–Trinajstić information content (AvgIpc) is 2.83. The van der Waals surface area contributed by atoms with E-state index >= 15 is 0 Å². The Labute approximate surface area is 138 Å². The molecule has 0 aliphatic heterocycles. The summed E-state index contributed by atoms with van der Waals surface area (Å²) in [6, 6.07) is 30.6. The molecule has 0 heterocycles. The van der Waals surface area contributed by atoms with E-state index in [1.54, 1.807) is 0 Å². The second-order valence-corrected chi connectivity index (χ2v) is 6.10.